The molecule has 0 spiro atoms. The lowest BCUT2D eigenvalue weighted by Gasteiger charge is -2.09. The smallest absolute Gasteiger partial charge is 0.251 e. The molecule has 1 amide bonds. The number of methoxy groups -OCH3 is 1. The molecule has 3 heteroatoms. The second kappa shape index (κ2) is 5.51. The van der Waals surface area contributed by atoms with Crippen LogP contribution in [0.25, 0.3) is 0 Å². The maximum absolute atomic E-state index is 11.7. The van der Waals surface area contributed by atoms with E-state index in [0.717, 1.165) is 5.56 Å². The van der Waals surface area contributed by atoms with E-state index in [-0.39, 0.29) is 11.9 Å². The summed E-state index contributed by atoms with van der Waals surface area (Å²) in [5.74, 6) is -0.0389. The van der Waals surface area contributed by atoms with Gasteiger partial charge in [0.25, 0.3) is 5.91 Å². The predicted molar refractivity (Wildman–Crippen MR) is 59.8 cm³/mol. The third-order valence-corrected chi connectivity index (χ3v) is 1.92. The van der Waals surface area contributed by atoms with E-state index in [4.69, 9.17) is 4.74 Å². The van der Waals surface area contributed by atoms with Gasteiger partial charge in [-0.2, -0.15) is 0 Å². The summed E-state index contributed by atoms with van der Waals surface area (Å²) in [6.45, 7) is 4.41. The highest BCUT2D eigenvalue weighted by atomic mass is 16.5. The Morgan fingerprint density at radius 2 is 2.20 bits per heavy atom. The zero-order chi connectivity index (χ0) is 11.3. The summed E-state index contributed by atoms with van der Waals surface area (Å²) in [5, 5.41) is 2.85. The molecular formula is C12H17NO2. The van der Waals surface area contributed by atoms with Gasteiger partial charge in [0.05, 0.1) is 6.61 Å². The number of hydrogen-bond donors (Lipinski definition) is 1. The van der Waals surface area contributed by atoms with Gasteiger partial charge in [0.2, 0.25) is 0 Å². The van der Waals surface area contributed by atoms with Gasteiger partial charge in [-0.15, -0.1) is 0 Å². The number of hydrogen-bond acceptors (Lipinski definition) is 2. The van der Waals surface area contributed by atoms with Crippen molar-refractivity contribution < 1.29 is 9.53 Å². The topological polar surface area (TPSA) is 38.3 Å². The first kappa shape index (κ1) is 11.7. The Balaban J connectivity index is 2.76. The van der Waals surface area contributed by atoms with E-state index < -0.39 is 0 Å². The molecule has 0 aliphatic carbocycles. The standard InChI is InChI=1S/C12H17NO2/c1-9(2)13-12(14)11-6-4-5-10(7-11)8-15-3/h4-7,9H,8H2,1-3H3,(H,13,14). The summed E-state index contributed by atoms with van der Waals surface area (Å²) in [5.41, 5.74) is 1.69. The van der Waals surface area contributed by atoms with Gasteiger partial charge in [-0.25, -0.2) is 0 Å². The largest absolute Gasteiger partial charge is 0.380 e. The molecule has 0 bridgehead atoms. The van der Waals surface area contributed by atoms with E-state index in [0.29, 0.717) is 12.2 Å². The number of amides is 1. The van der Waals surface area contributed by atoms with Crippen molar-refractivity contribution in [3.63, 3.8) is 0 Å². The molecule has 3 nitrogen and oxygen atoms in total. The average Bonchev–Trinajstić information content (AvgIpc) is 2.17. The van der Waals surface area contributed by atoms with Crippen LogP contribution in [0.5, 0.6) is 0 Å². The highest BCUT2D eigenvalue weighted by Crippen LogP contribution is 2.06. The minimum Gasteiger partial charge on any atom is -0.380 e. The van der Waals surface area contributed by atoms with Crippen LogP contribution in [-0.2, 0) is 11.3 Å². The third-order valence-electron chi connectivity index (χ3n) is 1.92. The fraction of sp³-hybridized carbons (Fsp3) is 0.417. The number of benzene rings is 1. The van der Waals surface area contributed by atoms with Crippen LogP contribution in [0, 0.1) is 0 Å². The van der Waals surface area contributed by atoms with Crippen molar-refractivity contribution in [2.75, 3.05) is 7.11 Å². The Morgan fingerprint density at radius 1 is 1.47 bits per heavy atom. The Kier molecular flexibility index (Phi) is 4.31. The van der Waals surface area contributed by atoms with E-state index >= 15 is 0 Å². The number of nitrogens with one attached hydrogen (secondary N) is 1. The van der Waals surface area contributed by atoms with Gasteiger partial charge in [-0.05, 0) is 31.5 Å². The molecule has 0 saturated heterocycles. The molecule has 1 rings (SSSR count). The van der Waals surface area contributed by atoms with Crippen LogP contribution in [0.15, 0.2) is 24.3 Å². The van der Waals surface area contributed by atoms with Gasteiger partial charge >= 0.3 is 0 Å². The van der Waals surface area contributed by atoms with Crippen molar-refractivity contribution in [3.8, 4) is 0 Å². The van der Waals surface area contributed by atoms with Crippen LogP contribution in [0.1, 0.15) is 29.8 Å². The Hall–Kier alpha value is -1.35. The maximum Gasteiger partial charge on any atom is 0.251 e. The van der Waals surface area contributed by atoms with Crippen LogP contribution in [-0.4, -0.2) is 19.1 Å². The number of ether oxygens (including phenoxy) is 1. The van der Waals surface area contributed by atoms with Crippen LogP contribution >= 0.6 is 0 Å². The van der Waals surface area contributed by atoms with Gasteiger partial charge in [0.15, 0.2) is 0 Å². The Bertz CT molecular complexity index is 334. The number of rotatable bonds is 4. The van der Waals surface area contributed by atoms with Crippen LogP contribution in [0.3, 0.4) is 0 Å². The number of carbonyl (C=O) groups is 1. The van der Waals surface area contributed by atoms with Gasteiger partial charge in [-0.3, -0.25) is 4.79 Å². The molecule has 82 valence electrons. The number of carbonyl (C=O) groups excluding carboxylic acids is 1. The van der Waals surface area contributed by atoms with Crippen molar-refractivity contribution in [1.82, 2.24) is 5.32 Å². The molecule has 15 heavy (non-hydrogen) atoms. The lowest BCUT2D eigenvalue weighted by Crippen LogP contribution is -2.30. The minimum absolute atomic E-state index is 0.0389. The van der Waals surface area contributed by atoms with Crippen molar-refractivity contribution in [3.05, 3.63) is 35.4 Å². The Morgan fingerprint density at radius 3 is 2.80 bits per heavy atom. The molecule has 0 fully saturated rings. The second-order valence-corrected chi connectivity index (χ2v) is 3.76. The quantitative estimate of drug-likeness (QED) is 0.819. The molecule has 1 aromatic rings. The molecule has 0 aliphatic heterocycles. The molecule has 0 atom stereocenters. The van der Waals surface area contributed by atoms with E-state index in [1.165, 1.54) is 0 Å². The molecule has 1 N–H and O–H groups in total. The van der Waals surface area contributed by atoms with E-state index in [1.54, 1.807) is 13.2 Å². The molecule has 0 aromatic heterocycles. The summed E-state index contributed by atoms with van der Waals surface area (Å²) >= 11 is 0. The predicted octanol–water partition coefficient (Wildman–Crippen LogP) is 1.97. The van der Waals surface area contributed by atoms with Crippen molar-refractivity contribution in [2.45, 2.75) is 26.5 Å². The summed E-state index contributed by atoms with van der Waals surface area (Å²) in [4.78, 5) is 11.7. The molecule has 1 aromatic carbocycles. The molecular weight excluding hydrogens is 190 g/mol. The summed E-state index contributed by atoms with van der Waals surface area (Å²) in [6, 6.07) is 7.61. The summed E-state index contributed by atoms with van der Waals surface area (Å²) < 4.78 is 5.01. The van der Waals surface area contributed by atoms with Gasteiger partial charge in [0.1, 0.15) is 0 Å². The summed E-state index contributed by atoms with van der Waals surface area (Å²) in [6.07, 6.45) is 0. The maximum atomic E-state index is 11.7. The first-order valence-electron chi connectivity index (χ1n) is 5.02. The van der Waals surface area contributed by atoms with Crippen molar-refractivity contribution in [2.24, 2.45) is 0 Å². The fourth-order valence-electron chi connectivity index (χ4n) is 1.31. The third kappa shape index (κ3) is 3.72. The minimum atomic E-state index is -0.0389. The lowest BCUT2D eigenvalue weighted by atomic mass is 10.1. The van der Waals surface area contributed by atoms with Gasteiger partial charge < -0.3 is 10.1 Å². The van der Waals surface area contributed by atoms with Gasteiger partial charge in [0, 0.05) is 18.7 Å². The van der Waals surface area contributed by atoms with Gasteiger partial charge in [-0.1, -0.05) is 12.1 Å². The van der Waals surface area contributed by atoms with Crippen LogP contribution < -0.4 is 5.32 Å². The first-order valence-corrected chi connectivity index (χ1v) is 5.02. The highest BCUT2D eigenvalue weighted by molar-refractivity contribution is 5.94. The molecule has 0 unspecified atom stereocenters. The molecule has 0 saturated carbocycles. The van der Waals surface area contributed by atoms with Crippen molar-refractivity contribution >= 4 is 5.91 Å². The summed E-state index contributed by atoms with van der Waals surface area (Å²) in [7, 11) is 1.64. The second-order valence-electron chi connectivity index (χ2n) is 3.76. The van der Waals surface area contributed by atoms with Crippen LogP contribution in [0.2, 0.25) is 0 Å². The van der Waals surface area contributed by atoms with E-state index in [9.17, 15) is 4.79 Å². The lowest BCUT2D eigenvalue weighted by molar-refractivity contribution is 0.0943. The van der Waals surface area contributed by atoms with E-state index in [1.807, 2.05) is 32.0 Å². The molecule has 0 aliphatic rings. The zero-order valence-electron chi connectivity index (χ0n) is 9.41. The first-order chi connectivity index (χ1) is 7.13. The average molecular weight is 207 g/mol. The van der Waals surface area contributed by atoms with E-state index in [2.05, 4.69) is 5.32 Å². The fourth-order valence-corrected chi connectivity index (χ4v) is 1.31. The molecule has 0 heterocycles. The zero-order valence-corrected chi connectivity index (χ0v) is 9.41. The Labute approximate surface area is 90.4 Å². The monoisotopic (exact) mass is 207 g/mol. The SMILES string of the molecule is COCc1cccc(C(=O)NC(C)C)c1. The highest BCUT2D eigenvalue weighted by Gasteiger charge is 2.06. The van der Waals surface area contributed by atoms with Crippen LogP contribution in [0.4, 0.5) is 0 Å². The molecule has 0 radical (unpaired) electrons. The van der Waals surface area contributed by atoms with Crippen molar-refractivity contribution in [1.29, 1.82) is 0 Å². The normalized spacial score (nSPS) is 10.4.